The molecule has 1 N–H and O–H groups in total. The fourth-order valence-electron chi connectivity index (χ4n) is 2.38. The summed E-state index contributed by atoms with van der Waals surface area (Å²) in [6.45, 7) is 17.3. The van der Waals surface area contributed by atoms with Crippen LogP contribution in [0.25, 0.3) is 0 Å². The van der Waals surface area contributed by atoms with Gasteiger partial charge in [-0.3, -0.25) is 0 Å². The molecule has 136 valence electrons. The maximum atomic E-state index is 12.5. The van der Waals surface area contributed by atoms with E-state index >= 15 is 0 Å². The maximum absolute atomic E-state index is 12.5. The van der Waals surface area contributed by atoms with Crippen LogP contribution in [0.3, 0.4) is 0 Å². The summed E-state index contributed by atoms with van der Waals surface area (Å²) in [5, 5.41) is 3.49. The van der Waals surface area contributed by atoms with Gasteiger partial charge in [-0.05, 0) is 61.0 Å². The molecule has 0 aliphatic carbocycles. The summed E-state index contributed by atoms with van der Waals surface area (Å²) in [5.41, 5.74) is 1.75. The maximum Gasteiger partial charge on any atom is 0.410 e. The Labute approximate surface area is 147 Å². The van der Waals surface area contributed by atoms with E-state index in [1.807, 2.05) is 41.5 Å². The van der Waals surface area contributed by atoms with Gasteiger partial charge in [0.05, 0.1) is 0 Å². The van der Waals surface area contributed by atoms with E-state index in [9.17, 15) is 4.79 Å². The highest BCUT2D eigenvalue weighted by Crippen LogP contribution is 2.18. The summed E-state index contributed by atoms with van der Waals surface area (Å²) in [5.74, 6) is 0. The number of carbonyl (C=O) groups is 1. The van der Waals surface area contributed by atoms with Crippen LogP contribution < -0.4 is 5.32 Å². The van der Waals surface area contributed by atoms with Gasteiger partial charge in [-0.2, -0.15) is 0 Å². The summed E-state index contributed by atoms with van der Waals surface area (Å²) in [6, 6.07) is 8.77. The molecule has 4 heteroatoms. The van der Waals surface area contributed by atoms with Crippen LogP contribution >= 0.6 is 0 Å². The lowest BCUT2D eigenvalue weighted by Crippen LogP contribution is -2.50. The second-order valence-corrected chi connectivity index (χ2v) is 8.39. The molecule has 0 aromatic heterocycles. The number of amides is 1. The third-order valence-corrected chi connectivity index (χ3v) is 3.79. The molecule has 0 bridgehead atoms. The van der Waals surface area contributed by atoms with Crippen molar-refractivity contribution in [3.63, 3.8) is 0 Å². The molecule has 0 aliphatic heterocycles. The van der Waals surface area contributed by atoms with Crippen molar-refractivity contribution in [1.29, 1.82) is 0 Å². The molecule has 0 fully saturated rings. The third-order valence-electron chi connectivity index (χ3n) is 3.79. The van der Waals surface area contributed by atoms with E-state index in [4.69, 9.17) is 4.74 Å². The second kappa shape index (κ2) is 8.02. The number of hydrogen-bond donors (Lipinski definition) is 1. The summed E-state index contributed by atoms with van der Waals surface area (Å²) >= 11 is 0. The van der Waals surface area contributed by atoms with Crippen molar-refractivity contribution in [2.24, 2.45) is 0 Å². The Balaban J connectivity index is 2.62. The molecular weight excluding hydrogens is 300 g/mol. The first-order chi connectivity index (χ1) is 10.9. The van der Waals surface area contributed by atoms with E-state index in [1.165, 1.54) is 11.1 Å². The lowest BCUT2D eigenvalue weighted by molar-refractivity contribution is 0.00649. The van der Waals surface area contributed by atoms with Crippen LogP contribution in [-0.4, -0.2) is 35.2 Å². The van der Waals surface area contributed by atoms with Gasteiger partial charge in [-0.1, -0.05) is 29.8 Å². The molecule has 0 heterocycles. The topological polar surface area (TPSA) is 41.6 Å². The first-order valence-electron chi connectivity index (χ1n) is 8.71. The average molecular weight is 335 g/mol. The largest absolute Gasteiger partial charge is 0.444 e. The first kappa shape index (κ1) is 20.5. The van der Waals surface area contributed by atoms with Crippen LogP contribution in [0.1, 0.15) is 65.6 Å². The van der Waals surface area contributed by atoms with E-state index in [0.717, 1.165) is 0 Å². The van der Waals surface area contributed by atoms with Gasteiger partial charge in [0.1, 0.15) is 5.60 Å². The Kier molecular flexibility index (Phi) is 6.85. The van der Waals surface area contributed by atoms with Crippen molar-refractivity contribution in [2.45, 2.75) is 72.6 Å². The molecule has 1 rings (SSSR count). The van der Waals surface area contributed by atoms with Gasteiger partial charge in [0.25, 0.3) is 0 Å². The highest BCUT2D eigenvalue weighted by molar-refractivity contribution is 5.69. The normalized spacial score (nSPS) is 13.5. The van der Waals surface area contributed by atoms with Crippen molar-refractivity contribution in [3.8, 4) is 0 Å². The summed E-state index contributed by atoms with van der Waals surface area (Å²) in [4.78, 5) is 14.2. The molecule has 24 heavy (non-hydrogen) atoms. The first-order valence-corrected chi connectivity index (χ1v) is 8.71. The molecule has 0 unspecified atom stereocenters. The summed E-state index contributed by atoms with van der Waals surface area (Å²) in [6.07, 6.45) is -0.264. The number of rotatable bonds is 5. The minimum Gasteiger partial charge on any atom is -0.444 e. The van der Waals surface area contributed by atoms with Crippen molar-refractivity contribution < 1.29 is 9.53 Å². The minimum absolute atomic E-state index is 0.242. The van der Waals surface area contributed by atoms with E-state index < -0.39 is 5.60 Å². The number of nitrogens with one attached hydrogen (secondary N) is 1. The van der Waals surface area contributed by atoms with Gasteiger partial charge >= 0.3 is 6.09 Å². The molecule has 0 aliphatic rings. The Bertz CT molecular complexity index is 524. The third kappa shape index (κ3) is 6.91. The number of carbonyl (C=O) groups excluding carboxylic acids is 1. The molecule has 4 nitrogen and oxygen atoms in total. The molecule has 0 spiro atoms. The van der Waals surface area contributed by atoms with Crippen LogP contribution in [0.4, 0.5) is 4.79 Å². The standard InChI is InChI=1S/C20H34N2O2/c1-15-9-11-17(12-10-15)16(2)21-13-14-22(19(3,4)5)18(23)24-20(6,7)8/h9-12,16,21H,13-14H2,1-8H3/t16-/m0/s1. The predicted octanol–water partition coefficient (Wildman–Crippen LogP) is 4.68. The highest BCUT2D eigenvalue weighted by atomic mass is 16.6. The summed E-state index contributed by atoms with van der Waals surface area (Å²) < 4.78 is 5.54. The molecule has 1 aromatic rings. The number of aryl methyl sites for hydroxylation is 1. The number of nitrogens with zero attached hydrogens (tertiary/aromatic N) is 1. The monoisotopic (exact) mass is 334 g/mol. The zero-order valence-electron chi connectivity index (χ0n) is 16.6. The average Bonchev–Trinajstić information content (AvgIpc) is 2.40. The van der Waals surface area contributed by atoms with Crippen LogP contribution in [0.2, 0.25) is 0 Å². The molecule has 1 atom stereocenters. The van der Waals surface area contributed by atoms with E-state index in [1.54, 1.807) is 4.90 Å². The Morgan fingerprint density at radius 3 is 2.12 bits per heavy atom. The van der Waals surface area contributed by atoms with Crippen molar-refractivity contribution in [3.05, 3.63) is 35.4 Å². The Morgan fingerprint density at radius 1 is 1.12 bits per heavy atom. The Hall–Kier alpha value is -1.55. The predicted molar refractivity (Wildman–Crippen MR) is 100 cm³/mol. The van der Waals surface area contributed by atoms with Crippen LogP contribution in [-0.2, 0) is 4.74 Å². The van der Waals surface area contributed by atoms with Crippen LogP contribution in [0, 0.1) is 6.92 Å². The van der Waals surface area contributed by atoms with Gasteiger partial charge in [0.15, 0.2) is 0 Å². The quantitative estimate of drug-likeness (QED) is 0.850. The minimum atomic E-state index is -0.483. The Morgan fingerprint density at radius 2 is 1.67 bits per heavy atom. The fraction of sp³-hybridized carbons (Fsp3) is 0.650. The number of ether oxygens (including phenoxy) is 1. The van der Waals surface area contributed by atoms with E-state index in [-0.39, 0.29) is 17.7 Å². The SMILES string of the molecule is Cc1ccc([C@H](C)NCCN(C(=O)OC(C)(C)C)C(C)(C)C)cc1. The summed E-state index contributed by atoms with van der Waals surface area (Å²) in [7, 11) is 0. The van der Waals surface area contributed by atoms with Gasteiger partial charge in [0.2, 0.25) is 0 Å². The second-order valence-electron chi connectivity index (χ2n) is 8.39. The zero-order valence-corrected chi connectivity index (χ0v) is 16.6. The number of hydrogen-bond acceptors (Lipinski definition) is 3. The smallest absolute Gasteiger partial charge is 0.410 e. The van der Waals surface area contributed by atoms with E-state index in [2.05, 4.69) is 43.4 Å². The molecule has 0 radical (unpaired) electrons. The van der Waals surface area contributed by atoms with Crippen molar-refractivity contribution in [2.75, 3.05) is 13.1 Å². The molecule has 0 saturated carbocycles. The fourth-order valence-corrected chi connectivity index (χ4v) is 2.38. The molecular formula is C20H34N2O2. The number of benzene rings is 1. The van der Waals surface area contributed by atoms with Gasteiger partial charge < -0.3 is 15.0 Å². The van der Waals surface area contributed by atoms with Gasteiger partial charge in [-0.15, -0.1) is 0 Å². The molecule has 0 saturated heterocycles. The highest BCUT2D eigenvalue weighted by Gasteiger charge is 2.30. The van der Waals surface area contributed by atoms with Crippen LogP contribution in [0.5, 0.6) is 0 Å². The molecule has 1 aromatic carbocycles. The van der Waals surface area contributed by atoms with Gasteiger partial charge in [0, 0.05) is 24.7 Å². The molecule has 1 amide bonds. The van der Waals surface area contributed by atoms with Crippen molar-refractivity contribution in [1.82, 2.24) is 10.2 Å². The lowest BCUT2D eigenvalue weighted by atomic mass is 10.1. The lowest BCUT2D eigenvalue weighted by Gasteiger charge is -2.37. The zero-order chi connectivity index (χ0) is 18.5. The van der Waals surface area contributed by atoms with E-state index in [0.29, 0.717) is 13.1 Å². The van der Waals surface area contributed by atoms with Gasteiger partial charge in [-0.25, -0.2) is 4.79 Å². The van der Waals surface area contributed by atoms with Crippen LogP contribution in [0.15, 0.2) is 24.3 Å². The van der Waals surface area contributed by atoms with Crippen molar-refractivity contribution >= 4 is 6.09 Å².